The minimum Gasteiger partial charge on any atom is -0.494 e. The lowest BCUT2D eigenvalue weighted by molar-refractivity contribution is -0.148. The van der Waals surface area contributed by atoms with Gasteiger partial charge in [0.1, 0.15) is 5.75 Å². The van der Waals surface area contributed by atoms with Crippen LogP contribution in [0.4, 0.5) is 0 Å². The fourth-order valence-electron chi connectivity index (χ4n) is 3.72. The Morgan fingerprint density at radius 1 is 1.04 bits per heavy atom. The largest absolute Gasteiger partial charge is 0.494 e. The van der Waals surface area contributed by atoms with Crippen molar-refractivity contribution in [1.29, 1.82) is 0 Å². The van der Waals surface area contributed by atoms with Gasteiger partial charge in [0.15, 0.2) is 0 Å². The number of hydrogen-bond acceptors (Lipinski definition) is 4. The molecule has 0 atom stereocenters. The first kappa shape index (κ1) is 19.4. The number of hydrogen-bond donors (Lipinski definition) is 1. The van der Waals surface area contributed by atoms with Crippen LogP contribution in [0.3, 0.4) is 0 Å². The van der Waals surface area contributed by atoms with Crippen molar-refractivity contribution in [2.75, 3.05) is 13.7 Å². The quantitative estimate of drug-likeness (QED) is 0.751. The lowest BCUT2D eigenvalue weighted by Gasteiger charge is -2.35. The second-order valence-electron chi connectivity index (χ2n) is 7.28. The van der Waals surface area contributed by atoms with Crippen LogP contribution in [0.15, 0.2) is 48.5 Å². The number of methoxy groups -OCH3 is 1. The van der Waals surface area contributed by atoms with E-state index in [1.54, 1.807) is 0 Å². The summed E-state index contributed by atoms with van der Waals surface area (Å²) in [6.45, 7) is 2.81. The second-order valence-corrected chi connectivity index (χ2v) is 7.28. The third-order valence-corrected chi connectivity index (χ3v) is 5.43. The third-order valence-electron chi connectivity index (χ3n) is 5.43. The molecule has 1 saturated carbocycles. The molecular weight excluding hydrogens is 340 g/mol. The number of carbonyl (C=O) groups is 1. The van der Waals surface area contributed by atoms with E-state index < -0.39 is 5.60 Å². The highest BCUT2D eigenvalue weighted by molar-refractivity contribution is 5.72. The van der Waals surface area contributed by atoms with Crippen LogP contribution in [0.2, 0.25) is 0 Å². The first-order chi connectivity index (χ1) is 13.1. The summed E-state index contributed by atoms with van der Waals surface area (Å²) in [5, 5.41) is 11.0. The van der Waals surface area contributed by atoms with Gasteiger partial charge >= 0.3 is 5.97 Å². The molecule has 27 heavy (non-hydrogen) atoms. The summed E-state index contributed by atoms with van der Waals surface area (Å²) in [6.07, 6.45) is 3.46. The van der Waals surface area contributed by atoms with Crippen molar-refractivity contribution in [2.45, 2.75) is 44.6 Å². The van der Waals surface area contributed by atoms with Crippen molar-refractivity contribution in [2.24, 2.45) is 5.92 Å². The molecule has 1 aliphatic rings. The predicted octanol–water partition coefficient (Wildman–Crippen LogP) is 4.69. The van der Waals surface area contributed by atoms with Gasteiger partial charge < -0.3 is 14.6 Å². The summed E-state index contributed by atoms with van der Waals surface area (Å²) >= 11 is 0. The fourth-order valence-corrected chi connectivity index (χ4v) is 3.72. The van der Waals surface area contributed by atoms with Crippen molar-refractivity contribution >= 4 is 5.97 Å². The summed E-state index contributed by atoms with van der Waals surface area (Å²) in [4.78, 5) is 11.7. The second kappa shape index (κ2) is 8.57. The zero-order valence-corrected chi connectivity index (χ0v) is 16.1. The molecule has 0 unspecified atom stereocenters. The minimum absolute atomic E-state index is 0.0945. The van der Waals surface area contributed by atoms with E-state index in [4.69, 9.17) is 9.47 Å². The Morgan fingerprint density at radius 2 is 1.59 bits per heavy atom. The number of carbonyl (C=O) groups excluding carboxylic acids is 1. The van der Waals surface area contributed by atoms with Gasteiger partial charge in [-0.3, -0.25) is 4.79 Å². The van der Waals surface area contributed by atoms with Gasteiger partial charge in [0.25, 0.3) is 0 Å². The number of esters is 1. The number of aliphatic hydroxyl groups is 1. The summed E-state index contributed by atoms with van der Waals surface area (Å²) in [5.41, 5.74) is 2.28. The Labute approximate surface area is 161 Å². The van der Waals surface area contributed by atoms with E-state index in [2.05, 4.69) is 19.1 Å². The molecule has 3 rings (SSSR count). The van der Waals surface area contributed by atoms with E-state index in [-0.39, 0.29) is 11.9 Å². The molecule has 4 heteroatoms. The molecule has 144 valence electrons. The first-order valence-corrected chi connectivity index (χ1v) is 9.70. The van der Waals surface area contributed by atoms with Crippen molar-refractivity contribution in [3.8, 4) is 16.9 Å². The summed E-state index contributed by atoms with van der Waals surface area (Å²) in [6, 6.07) is 16.2. The van der Waals surface area contributed by atoms with Crippen LogP contribution in [0.5, 0.6) is 5.75 Å². The van der Waals surface area contributed by atoms with Crippen molar-refractivity contribution < 1.29 is 19.4 Å². The first-order valence-electron chi connectivity index (χ1n) is 9.70. The lowest BCUT2D eigenvalue weighted by Crippen LogP contribution is -2.34. The fraction of sp³-hybridized carbons (Fsp3) is 0.435. The highest BCUT2D eigenvalue weighted by Crippen LogP contribution is 2.40. The predicted molar refractivity (Wildman–Crippen MR) is 106 cm³/mol. The SMILES string of the molecule is CCCOc1ccc(-c2ccc(C3(O)CCC(C(=O)OC)CC3)cc2)cc1. The van der Waals surface area contributed by atoms with Gasteiger partial charge in [0, 0.05) is 0 Å². The van der Waals surface area contributed by atoms with Crippen LogP contribution in [-0.2, 0) is 15.1 Å². The van der Waals surface area contributed by atoms with Crippen molar-refractivity contribution in [3.63, 3.8) is 0 Å². The molecule has 0 radical (unpaired) electrons. The summed E-state index contributed by atoms with van der Waals surface area (Å²) < 4.78 is 10.5. The Morgan fingerprint density at radius 3 is 2.11 bits per heavy atom. The van der Waals surface area contributed by atoms with E-state index in [0.29, 0.717) is 25.7 Å². The Bertz CT molecular complexity index is 741. The molecule has 0 spiro atoms. The molecule has 0 saturated heterocycles. The molecule has 2 aromatic carbocycles. The molecule has 1 aliphatic carbocycles. The van der Waals surface area contributed by atoms with E-state index >= 15 is 0 Å². The molecule has 1 fully saturated rings. The smallest absolute Gasteiger partial charge is 0.308 e. The van der Waals surface area contributed by atoms with Crippen molar-refractivity contribution in [1.82, 2.24) is 0 Å². The van der Waals surface area contributed by atoms with Gasteiger partial charge in [-0.25, -0.2) is 0 Å². The van der Waals surface area contributed by atoms with E-state index in [1.807, 2.05) is 36.4 Å². The zero-order valence-electron chi connectivity index (χ0n) is 16.1. The minimum atomic E-state index is -0.860. The normalized spacial score (nSPS) is 22.3. The maximum absolute atomic E-state index is 11.7. The topological polar surface area (TPSA) is 55.8 Å². The van der Waals surface area contributed by atoms with Crippen LogP contribution >= 0.6 is 0 Å². The molecule has 0 amide bonds. The number of benzene rings is 2. The monoisotopic (exact) mass is 368 g/mol. The molecule has 0 aromatic heterocycles. The highest BCUT2D eigenvalue weighted by atomic mass is 16.5. The lowest BCUT2D eigenvalue weighted by atomic mass is 9.75. The molecular formula is C23H28O4. The van der Waals surface area contributed by atoms with Crippen molar-refractivity contribution in [3.05, 3.63) is 54.1 Å². The van der Waals surface area contributed by atoms with Crippen LogP contribution in [0.25, 0.3) is 11.1 Å². The zero-order chi connectivity index (χ0) is 19.3. The Kier molecular flexibility index (Phi) is 6.17. The average Bonchev–Trinajstić information content (AvgIpc) is 2.73. The highest BCUT2D eigenvalue weighted by Gasteiger charge is 2.37. The number of ether oxygens (including phenoxy) is 2. The van der Waals surface area contributed by atoms with Gasteiger partial charge in [-0.05, 0) is 60.9 Å². The standard InChI is InChI=1S/C23H28O4/c1-3-16-27-21-10-6-18(7-11-21)17-4-8-20(9-5-17)23(25)14-12-19(13-15-23)22(24)26-2/h4-11,19,25H,3,12-16H2,1-2H3. The molecule has 1 N–H and O–H groups in total. The van der Waals surface area contributed by atoms with Crippen LogP contribution in [-0.4, -0.2) is 24.8 Å². The van der Waals surface area contributed by atoms with E-state index in [1.165, 1.54) is 7.11 Å². The molecule has 0 aliphatic heterocycles. The molecule has 0 heterocycles. The Hall–Kier alpha value is -2.33. The van der Waals surface area contributed by atoms with Gasteiger partial charge in [0.05, 0.1) is 25.2 Å². The van der Waals surface area contributed by atoms with Gasteiger partial charge in [-0.15, -0.1) is 0 Å². The number of rotatable bonds is 6. The maximum atomic E-state index is 11.7. The maximum Gasteiger partial charge on any atom is 0.308 e. The molecule has 2 aromatic rings. The summed E-state index contributed by atoms with van der Waals surface area (Å²) in [5.74, 6) is 0.621. The van der Waals surface area contributed by atoms with Crippen LogP contribution < -0.4 is 4.74 Å². The van der Waals surface area contributed by atoms with Gasteiger partial charge in [-0.1, -0.05) is 43.3 Å². The third kappa shape index (κ3) is 4.51. The van der Waals surface area contributed by atoms with Gasteiger partial charge in [-0.2, -0.15) is 0 Å². The van der Waals surface area contributed by atoms with Crippen LogP contribution in [0.1, 0.15) is 44.6 Å². The average molecular weight is 368 g/mol. The molecule has 0 bridgehead atoms. The molecule has 4 nitrogen and oxygen atoms in total. The van der Waals surface area contributed by atoms with E-state index in [0.717, 1.165) is 35.5 Å². The van der Waals surface area contributed by atoms with E-state index in [9.17, 15) is 9.90 Å². The Balaban J connectivity index is 1.67. The van der Waals surface area contributed by atoms with Crippen LogP contribution in [0, 0.1) is 5.92 Å². The van der Waals surface area contributed by atoms with Gasteiger partial charge in [0.2, 0.25) is 0 Å². The summed E-state index contributed by atoms with van der Waals surface area (Å²) in [7, 11) is 1.42.